The van der Waals surface area contributed by atoms with Crippen LogP contribution in [0.15, 0.2) is 30.3 Å². The summed E-state index contributed by atoms with van der Waals surface area (Å²) in [5.41, 5.74) is 2.30. The molecule has 0 spiro atoms. The number of benzene rings is 1. The molecule has 31 heavy (non-hydrogen) atoms. The van der Waals surface area contributed by atoms with Gasteiger partial charge in [0.05, 0.1) is 11.1 Å². The number of fused-ring (bicyclic) bond motifs is 1. The van der Waals surface area contributed by atoms with Gasteiger partial charge in [-0.2, -0.15) is 0 Å². The molecule has 8 heteroatoms. The van der Waals surface area contributed by atoms with Crippen molar-refractivity contribution >= 4 is 34.5 Å². The number of carbonyl (C=O) groups excluding carboxylic acids is 4. The molecule has 0 atom stereocenters. The monoisotopic (exact) mass is 422 g/mol. The van der Waals surface area contributed by atoms with E-state index >= 15 is 0 Å². The number of amides is 4. The van der Waals surface area contributed by atoms with E-state index in [0.29, 0.717) is 31.7 Å². The first-order valence-electron chi connectivity index (χ1n) is 10.6. The molecule has 2 saturated heterocycles. The zero-order valence-electron chi connectivity index (χ0n) is 17.8. The van der Waals surface area contributed by atoms with Crippen LogP contribution in [0.2, 0.25) is 0 Å². The lowest BCUT2D eigenvalue weighted by atomic mass is 10.0. The summed E-state index contributed by atoms with van der Waals surface area (Å²) < 4.78 is 0. The van der Waals surface area contributed by atoms with E-state index in [2.05, 4.69) is 4.98 Å². The highest BCUT2D eigenvalue weighted by molar-refractivity contribution is 6.06. The van der Waals surface area contributed by atoms with Crippen molar-refractivity contribution in [1.29, 1.82) is 0 Å². The maximum atomic E-state index is 13.3. The van der Waals surface area contributed by atoms with Crippen LogP contribution >= 0.6 is 0 Å². The average molecular weight is 422 g/mol. The van der Waals surface area contributed by atoms with Crippen LogP contribution in [0.4, 0.5) is 0 Å². The van der Waals surface area contributed by atoms with Gasteiger partial charge in [-0.1, -0.05) is 32.0 Å². The van der Waals surface area contributed by atoms with Crippen molar-refractivity contribution in [3.63, 3.8) is 0 Å². The second kappa shape index (κ2) is 8.45. The predicted octanol–water partition coefficient (Wildman–Crippen LogP) is 1.79. The summed E-state index contributed by atoms with van der Waals surface area (Å²) in [7, 11) is 0. The lowest BCUT2D eigenvalue weighted by Gasteiger charge is -2.35. The van der Waals surface area contributed by atoms with E-state index in [0.717, 1.165) is 21.5 Å². The Kier molecular flexibility index (Phi) is 5.71. The van der Waals surface area contributed by atoms with Crippen LogP contribution in [0.1, 0.15) is 48.7 Å². The Bertz CT molecular complexity index is 1040. The van der Waals surface area contributed by atoms with Crippen LogP contribution in [0, 0.1) is 0 Å². The van der Waals surface area contributed by atoms with Crippen LogP contribution < -0.4 is 0 Å². The van der Waals surface area contributed by atoms with Gasteiger partial charge in [0, 0.05) is 50.1 Å². The quantitative estimate of drug-likeness (QED) is 0.701. The van der Waals surface area contributed by atoms with E-state index < -0.39 is 0 Å². The molecule has 0 unspecified atom stereocenters. The Morgan fingerprint density at radius 1 is 0.968 bits per heavy atom. The van der Waals surface area contributed by atoms with E-state index in [-0.39, 0.29) is 48.9 Å². The molecule has 1 aromatic heterocycles. The highest BCUT2D eigenvalue weighted by Crippen LogP contribution is 2.24. The molecule has 2 aromatic rings. The van der Waals surface area contributed by atoms with Crippen molar-refractivity contribution in [2.24, 2.45) is 0 Å². The van der Waals surface area contributed by atoms with Crippen LogP contribution in [0.3, 0.4) is 0 Å². The third kappa shape index (κ3) is 4.15. The largest absolute Gasteiger partial charge is 0.338 e. The van der Waals surface area contributed by atoms with Crippen LogP contribution in [-0.2, 0) is 14.4 Å². The Morgan fingerprint density at radius 2 is 1.58 bits per heavy atom. The topological polar surface area (TPSA) is 90.9 Å². The number of hydrogen-bond acceptors (Lipinski definition) is 5. The molecule has 2 fully saturated rings. The molecule has 0 saturated carbocycles. The number of piperazine rings is 1. The minimum Gasteiger partial charge on any atom is -0.338 e. The molecule has 1 aromatic carbocycles. The van der Waals surface area contributed by atoms with Crippen molar-refractivity contribution in [1.82, 2.24) is 19.7 Å². The molecular formula is C23H26N4O4. The number of aromatic nitrogens is 1. The zero-order chi connectivity index (χ0) is 22.1. The Morgan fingerprint density at radius 3 is 2.23 bits per heavy atom. The Hall–Kier alpha value is -3.29. The van der Waals surface area contributed by atoms with Crippen molar-refractivity contribution in [2.45, 2.75) is 32.6 Å². The van der Waals surface area contributed by atoms with Gasteiger partial charge in [0.25, 0.3) is 5.91 Å². The van der Waals surface area contributed by atoms with Gasteiger partial charge in [-0.15, -0.1) is 0 Å². The number of para-hydroxylation sites is 1. The number of hydrogen-bond donors (Lipinski definition) is 0. The maximum absolute atomic E-state index is 13.3. The van der Waals surface area contributed by atoms with E-state index in [4.69, 9.17) is 0 Å². The summed E-state index contributed by atoms with van der Waals surface area (Å²) in [5, 5.41) is 0.821. The third-order valence-corrected chi connectivity index (χ3v) is 5.93. The lowest BCUT2D eigenvalue weighted by molar-refractivity contribution is -0.146. The van der Waals surface area contributed by atoms with Gasteiger partial charge in [0.1, 0.15) is 6.54 Å². The van der Waals surface area contributed by atoms with E-state index in [1.807, 2.05) is 44.2 Å². The van der Waals surface area contributed by atoms with Gasteiger partial charge in [-0.05, 0) is 18.1 Å². The second-order valence-corrected chi connectivity index (χ2v) is 8.31. The number of pyridine rings is 1. The minimum absolute atomic E-state index is 0.0718. The molecule has 0 aliphatic carbocycles. The van der Waals surface area contributed by atoms with E-state index in [1.165, 1.54) is 0 Å². The predicted molar refractivity (Wildman–Crippen MR) is 114 cm³/mol. The fourth-order valence-corrected chi connectivity index (χ4v) is 4.03. The van der Waals surface area contributed by atoms with Gasteiger partial charge in [0.2, 0.25) is 17.7 Å². The molecule has 162 valence electrons. The molecule has 2 aliphatic heterocycles. The molecule has 4 amide bonds. The number of rotatable bonds is 4. The summed E-state index contributed by atoms with van der Waals surface area (Å²) in [6, 6.07) is 9.50. The standard InChI is InChI=1S/C23H26N4O4/c1-15(2)19-13-17(16-5-3-4-6-18(16)24-19)23(31)26-11-9-25(10-12-26)22(30)14-27-20(28)7-8-21(27)29/h3-6,13,15H,7-12,14H2,1-2H3. The van der Waals surface area contributed by atoms with Crippen molar-refractivity contribution in [3.05, 3.63) is 41.6 Å². The number of likely N-dealkylation sites (tertiary alicyclic amines) is 1. The number of carbonyl (C=O) groups is 4. The minimum atomic E-state index is -0.294. The first-order valence-corrected chi connectivity index (χ1v) is 10.6. The van der Waals surface area contributed by atoms with Crippen LogP contribution in [-0.4, -0.2) is 76.0 Å². The Balaban J connectivity index is 1.46. The van der Waals surface area contributed by atoms with Gasteiger partial charge in [0.15, 0.2) is 0 Å². The highest BCUT2D eigenvalue weighted by Gasteiger charge is 2.33. The van der Waals surface area contributed by atoms with Gasteiger partial charge < -0.3 is 9.80 Å². The first kappa shape index (κ1) is 21.0. The third-order valence-electron chi connectivity index (χ3n) is 5.93. The number of nitrogens with zero attached hydrogens (tertiary/aromatic N) is 4. The summed E-state index contributed by atoms with van der Waals surface area (Å²) in [4.78, 5) is 58.5. The van der Waals surface area contributed by atoms with Gasteiger partial charge >= 0.3 is 0 Å². The van der Waals surface area contributed by atoms with Gasteiger partial charge in [-0.25, -0.2) is 0 Å². The molecule has 2 aliphatic rings. The summed E-state index contributed by atoms with van der Waals surface area (Å²) >= 11 is 0. The molecular weight excluding hydrogens is 396 g/mol. The first-order chi connectivity index (χ1) is 14.8. The SMILES string of the molecule is CC(C)c1cc(C(=O)N2CCN(C(=O)CN3C(=O)CCC3=O)CC2)c2ccccc2n1. The Labute approximate surface area is 180 Å². The molecule has 4 rings (SSSR count). The smallest absolute Gasteiger partial charge is 0.254 e. The molecule has 0 N–H and O–H groups in total. The maximum Gasteiger partial charge on any atom is 0.254 e. The van der Waals surface area contributed by atoms with Crippen molar-refractivity contribution in [3.8, 4) is 0 Å². The summed E-state index contributed by atoms with van der Waals surface area (Å²) in [6.45, 7) is 5.44. The van der Waals surface area contributed by atoms with E-state index in [1.54, 1.807) is 9.80 Å². The lowest BCUT2D eigenvalue weighted by Crippen LogP contribution is -2.53. The van der Waals surface area contributed by atoms with Crippen molar-refractivity contribution in [2.75, 3.05) is 32.7 Å². The van der Waals surface area contributed by atoms with Crippen LogP contribution in [0.25, 0.3) is 10.9 Å². The molecule has 0 radical (unpaired) electrons. The average Bonchev–Trinajstić information content (AvgIpc) is 3.09. The molecule has 0 bridgehead atoms. The second-order valence-electron chi connectivity index (χ2n) is 8.31. The highest BCUT2D eigenvalue weighted by atomic mass is 16.2. The van der Waals surface area contributed by atoms with Crippen LogP contribution in [0.5, 0.6) is 0 Å². The molecule has 3 heterocycles. The van der Waals surface area contributed by atoms with Crippen molar-refractivity contribution < 1.29 is 19.2 Å². The van der Waals surface area contributed by atoms with E-state index in [9.17, 15) is 19.2 Å². The fourth-order valence-electron chi connectivity index (χ4n) is 4.03. The number of imide groups is 1. The fraction of sp³-hybridized carbons (Fsp3) is 0.435. The normalized spacial score (nSPS) is 17.2. The molecule has 8 nitrogen and oxygen atoms in total. The summed E-state index contributed by atoms with van der Waals surface area (Å²) in [6.07, 6.45) is 0.347. The van der Waals surface area contributed by atoms with Gasteiger partial charge in [-0.3, -0.25) is 29.1 Å². The zero-order valence-corrected chi connectivity index (χ0v) is 17.8. The summed E-state index contributed by atoms with van der Waals surface area (Å²) in [5.74, 6) is -0.721.